The van der Waals surface area contributed by atoms with Crippen molar-refractivity contribution in [3.63, 3.8) is 0 Å². The fraction of sp³-hybridized carbons (Fsp3) is 0.151. The van der Waals surface area contributed by atoms with Crippen LogP contribution in [0.15, 0.2) is 295 Å². The molecule has 9 aromatic rings. The second-order valence-corrected chi connectivity index (χ2v) is 20.0. The Balaban J connectivity index is 0.000000142. The van der Waals surface area contributed by atoms with Crippen LogP contribution < -0.4 is 0 Å². The van der Waals surface area contributed by atoms with E-state index < -0.39 is 34.2 Å². The van der Waals surface area contributed by atoms with Gasteiger partial charge in [0.1, 0.15) is 16.2 Å². The van der Waals surface area contributed by atoms with E-state index in [0.717, 1.165) is 50.1 Å². The summed E-state index contributed by atoms with van der Waals surface area (Å²) >= 11 is 0. The minimum absolute atomic E-state index is 0. The Labute approximate surface area is 485 Å². The molecule has 0 fully saturated rings. The number of fused-ring (bicyclic) bond motifs is 1. The normalized spacial score (nSPS) is 13.6. The summed E-state index contributed by atoms with van der Waals surface area (Å²) in [4.78, 5) is 37.3. The summed E-state index contributed by atoms with van der Waals surface area (Å²) in [7, 11) is 0. The Hall–Kier alpha value is -8.55. The number of hydrogen-bond donors (Lipinski definition) is 3. The SMILES string of the molecule is O=C(O)C(c1ccccc1)(c1ccccc1)c1ccccc1.O=C(O)C(c1ccccc1)(c1ccccc1)c1ccccc1.O=C(O)C(c1ccccc1)(c1ccccc1)c1ccccc1.[CH-]1CCCC2=C1CC1=C2CCCC1.[Ti]. The number of benzene rings is 9. The zero-order valence-corrected chi connectivity index (χ0v) is 46.3. The molecule has 0 spiro atoms. The first-order valence-electron chi connectivity index (χ1n) is 27.2. The topological polar surface area (TPSA) is 112 Å². The molecule has 0 saturated carbocycles. The number of allylic oxidation sites excluding steroid dienone is 4. The van der Waals surface area contributed by atoms with Crippen LogP contribution in [0.2, 0.25) is 0 Å². The molecule has 12 rings (SSSR count). The number of carboxylic acids is 3. The van der Waals surface area contributed by atoms with Gasteiger partial charge in [-0.15, -0.1) is 12.0 Å². The molecule has 9 aromatic carbocycles. The zero-order valence-electron chi connectivity index (χ0n) is 44.8. The molecule has 0 radical (unpaired) electrons. The van der Waals surface area contributed by atoms with Gasteiger partial charge in [0.05, 0.1) is 0 Å². The van der Waals surface area contributed by atoms with Crippen LogP contribution >= 0.6 is 0 Å². The summed E-state index contributed by atoms with van der Waals surface area (Å²) in [6, 6.07) is 84.4. The summed E-state index contributed by atoms with van der Waals surface area (Å²) in [5, 5.41) is 30.6. The molecule has 0 atom stereocenters. The van der Waals surface area contributed by atoms with Gasteiger partial charge in [-0.25, -0.2) is 12.0 Å². The first-order valence-corrected chi connectivity index (χ1v) is 27.2. The molecular weight excluding hydrogens is 1020 g/mol. The molecule has 0 heterocycles. The number of carboxylic acid groups (broad SMARTS) is 3. The van der Waals surface area contributed by atoms with Gasteiger partial charge in [0, 0.05) is 21.7 Å². The molecule has 3 N–H and O–H groups in total. The number of aliphatic carboxylic acids is 3. The zero-order chi connectivity index (χ0) is 54.9. The molecule has 398 valence electrons. The van der Waals surface area contributed by atoms with E-state index in [1.165, 1.54) is 51.4 Å². The minimum Gasteiger partial charge on any atom is -0.480 e. The fourth-order valence-corrected chi connectivity index (χ4v) is 11.9. The third kappa shape index (κ3) is 11.9. The van der Waals surface area contributed by atoms with Crippen LogP contribution in [0.3, 0.4) is 0 Å². The molecule has 0 bridgehead atoms. The molecule has 0 aromatic heterocycles. The van der Waals surface area contributed by atoms with Crippen molar-refractivity contribution < 1.29 is 51.4 Å². The first-order chi connectivity index (χ1) is 38.7. The van der Waals surface area contributed by atoms with E-state index in [0.29, 0.717) is 0 Å². The molecule has 6 nitrogen and oxygen atoms in total. The van der Waals surface area contributed by atoms with Gasteiger partial charge in [-0.2, -0.15) is 5.57 Å². The van der Waals surface area contributed by atoms with Gasteiger partial charge in [0.2, 0.25) is 0 Å². The van der Waals surface area contributed by atoms with Crippen LogP contribution in [0.5, 0.6) is 0 Å². The first kappa shape index (κ1) is 57.6. The van der Waals surface area contributed by atoms with Crippen molar-refractivity contribution in [2.24, 2.45) is 0 Å². The van der Waals surface area contributed by atoms with Crippen molar-refractivity contribution in [1.29, 1.82) is 0 Å². The van der Waals surface area contributed by atoms with Crippen molar-refractivity contribution in [1.82, 2.24) is 0 Å². The Morgan fingerprint density at radius 2 is 0.512 bits per heavy atom. The van der Waals surface area contributed by atoms with Crippen LogP contribution in [0.4, 0.5) is 0 Å². The van der Waals surface area contributed by atoms with E-state index in [2.05, 4.69) is 6.42 Å². The number of hydrogen-bond acceptors (Lipinski definition) is 3. The third-order valence-corrected chi connectivity index (χ3v) is 15.6. The standard InChI is InChI=1S/3C20H16O2.C13H17.Ti/c3*21-19(22)20(16-10-4-1-5-11-16,17-12-6-2-7-13-17)18-14-8-3-9-15-18;1-3-7-12-10(5-1)9-11-6-2-4-8-13(11)12;/h3*1-15H,(H,21,22);5H,1-4,6-9H2;/q;;;-1;. The summed E-state index contributed by atoms with van der Waals surface area (Å²) in [6.45, 7) is 0. The van der Waals surface area contributed by atoms with Crippen molar-refractivity contribution in [2.75, 3.05) is 0 Å². The Morgan fingerprint density at radius 1 is 0.300 bits per heavy atom. The van der Waals surface area contributed by atoms with E-state index in [9.17, 15) is 29.7 Å². The molecule has 7 heteroatoms. The molecule has 0 unspecified atom stereocenters. The maximum absolute atomic E-state index is 12.4. The second-order valence-electron chi connectivity index (χ2n) is 20.0. The van der Waals surface area contributed by atoms with Crippen molar-refractivity contribution in [3.05, 3.63) is 352 Å². The number of rotatable bonds is 12. The second kappa shape index (κ2) is 27.4. The molecule has 80 heavy (non-hydrogen) atoms. The van der Waals surface area contributed by atoms with Crippen LogP contribution in [-0.2, 0) is 52.3 Å². The van der Waals surface area contributed by atoms with Crippen LogP contribution in [0.25, 0.3) is 0 Å². The van der Waals surface area contributed by atoms with Crippen molar-refractivity contribution >= 4 is 17.9 Å². The third-order valence-electron chi connectivity index (χ3n) is 15.6. The van der Waals surface area contributed by atoms with Crippen LogP contribution in [0, 0.1) is 6.42 Å². The molecule has 3 aliphatic carbocycles. The molecule has 3 aliphatic rings. The van der Waals surface area contributed by atoms with E-state index >= 15 is 0 Å². The average Bonchev–Trinajstić information content (AvgIpc) is 3.92. The van der Waals surface area contributed by atoms with Crippen LogP contribution in [-0.4, -0.2) is 33.2 Å². The summed E-state index contributed by atoms with van der Waals surface area (Å²) in [5.41, 5.74) is 10.2. The van der Waals surface area contributed by atoms with Gasteiger partial charge < -0.3 is 15.3 Å². The van der Waals surface area contributed by atoms with Gasteiger partial charge in [-0.05, 0) is 75.8 Å². The monoisotopic (exact) mass is 1090 g/mol. The smallest absolute Gasteiger partial charge is 0.323 e. The summed E-state index contributed by atoms with van der Waals surface area (Å²) in [5.74, 6) is -2.64. The molecule has 0 saturated heterocycles. The Morgan fingerprint density at radius 3 is 0.738 bits per heavy atom. The Kier molecular flexibility index (Phi) is 19.7. The van der Waals surface area contributed by atoms with E-state index in [-0.39, 0.29) is 21.7 Å². The molecule has 0 aliphatic heterocycles. The largest absolute Gasteiger partial charge is 0.480 e. The van der Waals surface area contributed by atoms with E-state index in [4.69, 9.17) is 0 Å². The molecule has 0 amide bonds. The van der Waals surface area contributed by atoms with Gasteiger partial charge in [-0.3, -0.25) is 14.4 Å². The summed E-state index contributed by atoms with van der Waals surface area (Å²) < 4.78 is 0. The maximum Gasteiger partial charge on any atom is 0.323 e. The van der Waals surface area contributed by atoms with Crippen molar-refractivity contribution in [3.8, 4) is 0 Å². The number of carbonyl (C=O) groups is 3. The van der Waals surface area contributed by atoms with Gasteiger partial charge in [0.25, 0.3) is 0 Å². The molecular formula is C73H65O6Ti-. The summed E-state index contributed by atoms with van der Waals surface area (Å²) in [6.07, 6.45) is 13.6. The van der Waals surface area contributed by atoms with E-state index in [1.807, 2.05) is 273 Å². The van der Waals surface area contributed by atoms with Crippen molar-refractivity contribution in [2.45, 2.75) is 67.6 Å². The quantitative estimate of drug-likeness (QED) is 0.0638. The van der Waals surface area contributed by atoms with Gasteiger partial charge >= 0.3 is 17.9 Å². The average molecular weight is 1090 g/mol. The van der Waals surface area contributed by atoms with E-state index in [1.54, 1.807) is 22.3 Å². The van der Waals surface area contributed by atoms with Gasteiger partial charge in [-0.1, -0.05) is 298 Å². The van der Waals surface area contributed by atoms with Crippen LogP contribution in [0.1, 0.15) is 101 Å². The maximum atomic E-state index is 12.4. The van der Waals surface area contributed by atoms with Gasteiger partial charge in [0.15, 0.2) is 0 Å². The Bertz CT molecular complexity index is 2820. The predicted molar refractivity (Wildman–Crippen MR) is 316 cm³/mol. The fourth-order valence-electron chi connectivity index (χ4n) is 11.9. The minimum atomic E-state index is -1.20. The predicted octanol–water partition coefficient (Wildman–Crippen LogP) is 16.3.